The van der Waals surface area contributed by atoms with Crippen LogP contribution in [0.2, 0.25) is 0 Å². The van der Waals surface area contributed by atoms with Crippen LogP contribution in [0.25, 0.3) is 41.8 Å². The highest BCUT2D eigenvalue weighted by Gasteiger charge is 2.28. The first kappa shape index (κ1) is 21.5. The summed E-state index contributed by atoms with van der Waals surface area (Å²) in [6.45, 7) is 2.25. The third kappa shape index (κ3) is 3.65. The van der Waals surface area contributed by atoms with E-state index in [-0.39, 0.29) is 0 Å². The number of rotatable bonds is 4. The quantitative estimate of drug-likeness (QED) is 0.245. The molecular formula is C30H22O4S2. The average Bonchev–Trinajstić information content (AvgIpc) is 3.54. The molecule has 0 unspecified atom stereocenters. The first-order chi connectivity index (χ1) is 17.9. The zero-order chi connectivity index (χ0) is 23.9. The van der Waals surface area contributed by atoms with Crippen LogP contribution in [-0.2, 0) is 0 Å². The SMILES string of the molecule is c1ccc(-c2sc(-c3ccc(-c4sc(-c5ccccc5)c5c4OCCO5)cc3)c3c2OCCO3)cc1. The van der Waals surface area contributed by atoms with Crippen LogP contribution >= 0.6 is 22.7 Å². The molecule has 0 aliphatic carbocycles. The minimum absolute atomic E-state index is 0.560. The Kier molecular flexibility index (Phi) is 5.41. The molecule has 4 heterocycles. The Labute approximate surface area is 217 Å². The summed E-state index contributed by atoms with van der Waals surface area (Å²) in [4.78, 5) is 4.39. The molecule has 0 fully saturated rings. The van der Waals surface area contributed by atoms with E-state index in [4.69, 9.17) is 18.9 Å². The van der Waals surface area contributed by atoms with Crippen molar-refractivity contribution in [3.8, 4) is 64.8 Å². The molecule has 0 radical (unpaired) electrons. The Morgan fingerprint density at radius 1 is 0.361 bits per heavy atom. The van der Waals surface area contributed by atoms with Crippen LogP contribution < -0.4 is 18.9 Å². The number of thiophene rings is 2. The van der Waals surface area contributed by atoms with Crippen molar-refractivity contribution in [3.63, 3.8) is 0 Å². The largest absolute Gasteiger partial charge is 0.485 e. The Morgan fingerprint density at radius 3 is 0.944 bits per heavy atom. The van der Waals surface area contributed by atoms with E-state index in [9.17, 15) is 0 Å². The standard InChI is InChI=1S/C30H22O4S2/c1-3-7-19(8-4-1)27-23-25(33-17-15-31-23)29(35-27)21-11-13-22(14-12-21)30-26-24(32-16-18-34-26)28(36-30)20-9-5-2-6-10-20/h1-14H,15-18H2. The van der Waals surface area contributed by atoms with Crippen LogP contribution in [0.3, 0.4) is 0 Å². The van der Waals surface area contributed by atoms with Gasteiger partial charge in [-0.2, -0.15) is 0 Å². The van der Waals surface area contributed by atoms with E-state index in [0.717, 1.165) is 64.8 Å². The van der Waals surface area contributed by atoms with Crippen LogP contribution in [0.4, 0.5) is 0 Å². The molecule has 36 heavy (non-hydrogen) atoms. The minimum atomic E-state index is 0.560. The highest BCUT2D eigenvalue weighted by molar-refractivity contribution is 7.20. The second-order valence-electron chi connectivity index (χ2n) is 8.54. The second kappa shape index (κ2) is 9.04. The molecule has 178 valence electrons. The van der Waals surface area contributed by atoms with Crippen molar-refractivity contribution in [2.45, 2.75) is 0 Å². The molecule has 6 heteroatoms. The molecule has 0 saturated heterocycles. The summed E-state index contributed by atoms with van der Waals surface area (Å²) in [5.41, 5.74) is 4.50. The summed E-state index contributed by atoms with van der Waals surface area (Å²) < 4.78 is 24.3. The fourth-order valence-corrected chi connectivity index (χ4v) is 7.01. The number of hydrogen-bond acceptors (Lipinski definition) is 6. The van der Waals surface area contributed by atoms with Gasteiger partial charge in [0.25, 0.3) is 0 Å². The molecule has 5 aromatic rings. The Hall–Kier alpha value is -3.74. The third-order valence-corrected chi connectivity index (χ3v) is 8.78. The molecule has 3 aromatic carbocycles. The maximum absolute atomic E-state index is 6.10. The molecule has 0 saturated carbocycles. The van der Waals surface area contributed by atoms with Crippen LogP contribution in [-0.4, -0.2) is 26.4 Å². The highest BCUT2D eigenvalue weighted by Crippen LogP contribution is 2.55. The Morgan fingerprint density at radius 2 is 0.639 bits per heavy atom. The van der Waals surface area contributed by atoms with Gasteiger partial charge in [-0.15, -0.1) is 22.7 Å². The lowest BCUT2D eigenvalue weighted by Crippen LogP contribution is -2.15. The van der Waals surface area contributed by atoms with Crippen LogP contribution in [0.1, 0.15) is 0 Å². The minimum Gasteiger partial charge on any atom is -0.485 e. The maximum atomic E-state index is 6.10. The van der Waals surface area contributed by atoms with Crippen molar-refractivity contribution >= 4 is 22.7 Å². The molecular weight excluding hydrogens is 488 g/mol. The summed E-state index contributed by atoms with van der Waals surface area (Å²) in [5, 5.41) is 0. The molecule has 2 aliphatic heterocycles. The van der Waals surface area contributed by atoms with Crippen molar-refractivity contribution in [3.05, 3.63) is 84.9 Å². The van der Waals surface area contributed by atoms with Gasteiger partial charge in [0, 0.05) is 0 Å². The molecule has 0 spiro atoms. The van der Waals surface area contributed by atoms with Gasteiger partial charge >= 0.3 is 0 Å². The van der Waals surface area contributed by atoms with Gasteiger partial charge in [0.05, 0.1) is 19.5 Å². The molecule has 0 atom stereocenters. The van der Waals surface area contributed by atoms with Gasteiger partial charge in [0.1, 0.15) is 26.4 Å². The summed E-state index contributed by atoms with van der Waals surface area (Å²) in [6.07, 6.45) is 0. The van der Waals surface area contributed by atoms with Crippen LogP contribution in [0.5, 0.6) is 23.0 Å². The van der Waals surface area contributed by atoms with Crippen molar-refractivity contribution < 1.29 is 18.9 Å². The van der Waals surface area contributed by atoms with E-state index in [1.54, 1.807) is 22.7 Å². The predicted octanol–water partition coefficient (Wildman–Crippen LogP) is 8.02. The first-order valence-corrected chi connectivity index (χ1v) is 13.6. The Bertz CT molecular complexity index is 1400. The lowest BCUT2D eigenvalue weighted by Gasteiger charge is -2.18. The van der Waals surface area contributed by atoms with E-state index in [2.05, 4.69) is 72.8 Å². The fraction of sp³-hybridized carbons (Fsp3) is 0.133. The van der Waals surface area contributed by atoms with Gasteiger partial charge in [0.15, 0.2) is 23.0 Å². The first-order valence-electron chi connectivity index (χ1n) is 11.9. The molecule has 0 bridgehead atoms. The van der Waals surface area contributed by atoms with Gasteiger partial charge in [0.2, 0.25) is 0 Å². The molecule has 2 aliphatic rings. The zero-order valence-corrected chi connectivity index (χ0v) is 21.0. The van der Waals surface area contributed by atoms with E-state index in [1.165, 1.54) is 0 Å². The van der Waals surface area contributed by atoms with Crippen molar-refractivity contribution in [1.82, 2.24) is 0 Å². The number of hydrogen-bond donors (Lipinski definition) is 0. The zero-order valence-electron chi connectivity index (χ0n) is 19.4. The van der Waals surface area contributed by atoms with Gasteiger partial charge < -0.3 is 18.9 Å². The third-order valence-electron chi connectivity index (χ3n) is 6.28. The number of benzene rings is 3. The van der Waals surface area contributed by atoms with Crippen LogP contribution in [0, 0.1) is 0 Å². The lowest BCUT2D eigenvalue weighted by molar-refractivity contribution is 0.175. The smallest absolute Gasteiger partial charge is 0.180 e. The second-order valence-corrected chi connectivity index (χ2v) is 10.6. The monoisotopic (exact) mass is 510 g/mol. The highest BCUT2D eigenvalue weighted by atomic mass is 32.1. The Balaban J connectivity index is 1.29. The lowest BCUT2D eigenvalue weighted by atomic mass is 10.1. The number of fused-ring (bicyclic) bond motifs is 2. The summed E-state index contributed by atoms with van der Waals surface area (Å²) in [6, 6.07) is 29.4. The van der Waals surface area contributed by atoms with Gasteiger partial charge in [-0.05, 0) is 22.3 Å². The van der Waals surface area contributed by atoms with E-state index in [1.807, 2.05) is 12.1 Å². The van der Waals surface area contributed by atoms with Crippen molar-refractivity contribution in [1.29, 1.82) is 0 Å². The summed E-state index contributed by atoms with van der Waals surface area (Å²) in [5.74, 6) is 3.38. The van der Waals surface area contributed by atoms with Crippen molar-refractivity contribution in [2.24, 2.45) is 0 Å². The average molecular weight is 511 g/mol. The normalized spacial score (nSPS) is 14.0. The van der Waals surface area contributed by atoms with E-state index >= 15 is 0 Å². The van der Waals surface area contributed by atoms with E-state index < -0.39 is 0 Å². The fourth-order valence-electron chi connectivity index (χ4n) is 4.61. The predicted molar refractivity (Wildman–Crippen MR) is 146 cm³/mol. The van der Waals surface area contributed by atoms with Gasteiger partial charge in [-0.1, -0.05) is 84.9 Å². The number of ether oxygens (including phenoxy) is 4. The molecule has 4 nitrogen and oxygen atoms in total. The van der Waals surface area contributed by atoms with Crippen LogP contribution in [0.15, 0.2) is 84.9 Å². The molecule has 0 N–H and O–H groups in total. The maximum Gasteiger partial charge on any atom is 0.180 e. The summed E-state index contributed by atoms with van der Waals surface area (Å²) >= 11 is 3.43. The topological polar surface area (TPSA) is 36.9 Å². The van der Waals surface area contributed by atoms with Gasteiger partial charge in [-0.3, -0.25) is 0 Å². The summed E-state index contributed by atoms with van der Waals surface area (Å²) in [7, 11) is 0. The van der Waals surface area contributed by atoms with Crippen molar-refractivity contribution in [2.75, 3.05) is 26.4 Å². The molecule has 2 aromatic heterocycles. The van der Waals surface area contributed by atoms with E-state index in [0.29, 0.717) is 26.4 Å². The molecule has 0 amide bonds. The molecule has 7 rings (SSSR count). The van der Waals surface area contributed by atoms with Gasteiger partial charge in [-0.25, -0.2) is 0 Å².